The van der Waals surface area contributed by atoms with Crippen LogP contribution in [0.5, 0.6) is 11.5 Å². The molecule has 5 amide bonds. The Morgan fingerprint density at radius 2 is 1.03 bits per heavy atom. The van der Waals surface area contributed by atoms with E-state index < -0.39 is 53.0 Å². The highest BCUT2D eigenvalue weighted by atomic mass is 79.9. The first-order valence-corrected chi connectivity index (χ1v) is 25.4. The largest absolute Gasteiger partial charge is 0.497 e. The molecule has 0 radical (unpaired) electrons. The molecule has 0 aliphatic carbocycles. The fourth-order valence-electron chi connectivity index (χ4n) is 6.79. The Kier molecular flexibility index (Phi) is 17.9. The van der Waals surface area contributed by atoms with Gasteiger partial charge in [-0.05, 0) is 118 Å². The molecule has 0 fully saturated rings. The highest BCUT2D eigenvalue weighted by Gasteiger charge is 2.37. The number of benzene rings is 4. The lowest BCUT2D eigenvalue weighted by atomic mass is 10.1. The number of hydrogen-bond acceptors (Lipinski definition) is 13. The summed E-state index contributed by atoms with van der Waals surface area (Å²) in [5.74, 6) is 1.58. The van der Waals surface area contributed by atoms with Crippen LogP contribution >= 0.6 is 31.9 Å². The third-order valence-corrected chi connectivity index (χ3v) is 12.1. The molecule has 398 valence electrons. The molecule has 0 unspecified atom stereocenters. The number of amides is 5. The molecule has 0 atom stereocenters. The minimum Gasteiger partial charge on any atom is -0.497 e. The van der Waals surface area contributed by atoms with Crippen LogP contribution in [-0.4, -0.2) is 98.0 Å². The molecule has 75 heavy (non-hydrogen) atoms. The van der Waals surface area contributed by atoms with Crippen molar-refractivity contribution in [3.8, 4) is 11.5 Å². The van der Waals surface area contributed by atoms with Crippen molar-refractivity contribution in [2.45, 2.75) is 57.0 Å². The number of rotatable bonds is 10. The molecule has 2 N–H and O–H groups in total. The number of halogens is 8. The molecule has 4 aromatic carbocycles. The number of aromatic nitrogens is 4. The number of alkyl carbamates (subject to hydrolysis) is 1. The van der Waals surface area contributed by atoms with Crippen molar-refractivity contribution in [1.82, 2.24) is 25.3 Å². The summed E-state index contributed by atoms with van der Waals surface area (Å²) in [4.78, 5) is 60.0. The number of methoxy groups -OCH3 is 2. The average Bonchev–Trinajstić information content (AvgIpc) is 3.34. The highest BCUT2D eigenvalue weighted by Crippen LogP contribution is 2.39. The van der Waals surface area contributed by atoms with Crippen LogP contribution in [0.2, 0.25) is 0 Å². The van der Waals surface area contributed by atoms with Crippen LogP contribution < -0.4 is 39.7 Å². The number of anilines is 7. The van der Waals surface area contributed by atoms with Gasteiger partial charge in [0, 0.05) is 50.1 Å². The summed E-state index contributed by atoms with van der Waals surface area (Å²) >= 11 is 6.75. The molecular weight excluding hydrogens is 1150 g/mol. The average molecular weight is 1200 g/mol. The fraction of sp³-hybridized carbons (Fsp3) is 0.271. The van der Waals surface area contributed by atoms with Gasteiger partial charge in [0.1, 0.15) is 30.2 Å². The summed E-state index contributed by atoms with van der Waals surface area (Å²) in [5.41, 5.74) is 2.79. The van der Waals surface area contributed by atoms with Gasteiger partial charge in [-0.2, -0.15) is 36.3 Å². The van der Waals surface area contributed by atoms with Gasteiger partial charge >= 0.3 is 30.5 Å². The predicted molar refractivity (Wildman–Crippen MR) is 274 cm³/mol. The zero-order chi connectivity index (χ0) is 55.0. The van der Waals surface area contributed by atoms with E-state index in [4.69, 9.17) is 9.47 Å². The second-order valence-electron chi connectivity index (χ2n) is 17.0. The van der Waals surface area contributed by atoms with Gasteiger partial charge in [-0.3, -0.25) is 9.80 Å². The third kappa shape index (κ3) is 15.6. The highest BCUT2D eigenvalue weighted by molar-refractivity contribution is 9.10. The van der Waals surface area contributed by atoms with Crippen molar-refractivity contribution >= 4 is 100 Å². The van der Waals surface area contributed by atoms with E-state index in [1.54, 1.807) is 142 Å². The monoisotopic (exact) mass is 1190 g/mol. The number of carbonyl (C=O) groups excluding carboxylic acids is 3. The number of nitrogens with one attached hydrogen (secondary N) is 2. The van der Waals surface area contributed by atoms with E-state index >= 15 is 0 Å². The maximum atomic E-state index is 13.5. The number of carbonyl (C=O) groups is 3. The van der Waals surface area contributed by atoms with E-state index in [-0.39, 0.29) is 41.9 Å². The maximum Gasteiger partial charge on any atom is 0.407 e. The van der Waals surface area contributed by atoms with Crippen LogP contribution in [0.4, 0.5) is 81.1 Å². The van der Waals surface area contributed by atoms with E-state index in [2.05, 4.69) is 61.8 Å². The Labute approximate surface area is 443 Å². The summed E-state index contributed by atoms with van der Waals surface area (Å²) in [7, 11) is -0.512. The van der Waals surface area contributed by atoms with Gasteiger partial charge in [0.2, 0.25) is 20.9 Å². The molecule has 0 saturated carbocycles. The smallest absolute Gasteiger partial charge is 0.407 e. The zero-order valence-electron chi connectivity index (χ0n) is 40.5. The summed E-state index contributed by atoms with van der Waals surface area (Å²) in [6.07, 6.45) is -5.98. The summed E-state index contributed by atoms with van der Waals surface area (Å²) in [6, 6.07) is 27.4. The minimum atomic E-state index is -4.42. The molecule has 2 aliphatic heterocycles. The topological polar surface area (TPSA) is 202 Å². The second-order valence-corrected chi connectivity index (χ2v) is 20.8. The third-order valence-electron chi connectivity index (χ3n) is 10.1. The van der Waals surface area contributed by atoms with Gasteiger partial charge in [0.05, 0.1) is 38.7 Å². The van der Waals surface area contributed by atoms with Gasteiger partial charge in [-0.1, -0.05) is 31.9 Å². The quantitative estimate of drug-likeness (QED) is 0.0970. The van der Waals surface area contributed by atoms with Crippen molar-refractivity contribution in [3.63, 3.8) is 0 Å². The lowest BCUT2D eigenvalue weighted by molar-refractivity contribution is -0.124. The SMILES string of the molecule is CC(C)(C)OC(=O)NCC(F)(F)F.COc1ccc(N2Cc3cnc(NCC(F)(F)F)nc3N(c3ccc(Br)cc3)C2=O)cc1.COc1ccc(N2Cc3cnc(S(C)(=O)=O)nc3N(c3ccc(Br)cc3)C2=O)cc1. The molecule has 0 saturated heterocycles. The number of urea groups is 2. The van der Waals surface area contributed by atoms with Crippen LogP contribution in [0.3, 0.4) is 0 Å². The molecule has 0 spiro atoms. The molecule has 6 aromatic rings. The number of fused-ring (bicyclic) bond motifs is 2. The molecular formula is C48H46Br2F6N10O8S. The minimum absolute atomic E-state index is 0.160. The number of alkyl halides is 6. The number of sulfone groups is 1. The first-order chi connectivity index (χ1) is 35.1. The maximum absolute atomic E-state index is 13.5. The van der Waals surface area contributed by atoms with Crippen molar-refractivity contribution in [2.24, 2.45) is 0 Å². The molecule has 4 heterocycles. The van der Waals surface area contributed by atoms with Crippen LogP contribution in [-0.2, 0) is 27.7 Å². The molecule has 8 rings (SSSR count). The lowest BCUT2D eigenvalue weighted by Gasteiger charge is -2.36. The predicted octanol–water partition coefficient (Wildman–Crippen LogP) is 11.5. The number of hydrogen-bond donors (Lipinski definition) is 2. The van der Waals surface area contributed by atoms with Crippen molar-refractivity contribution < 1.29 is 63.4 Å². The van der Waals surface area contributed by atoms with E-state index in [9.17, 15) is 49.1 Å². The summed E-state index contributed by atoms with van der Waals surface area (Å²) in [6.45, 7) is 2.42. The Balaban J connectivity index is 0.000000199. The van der Waals surface area contributed by atoms with Crippen LogP contribution in [0.15, 0.2) is 124 Å². The Bertz CT molecular complexity index is 3100. The fourth-order valence-corrected chi connectivity index (χ4v) is 7.82. The lowest BCUT2D eigenvalue weighted by Crippen LogP contribution is -2.45. The Morgan fingerprint density at radius 3 is 1.41 bits per heavy atom. The van der Waals surface area contributed by atoms with Gasteiger partial charge in [0.15, 0.2) is 11.6 Å². The molecule has 27 heteroatoms. The molecule has 2 aliphatic rings. The Morgan fingerprint density at radius 1 is 0.627 bits per heavy atom. The van der Waals surface area contributed by atoms with Crippen molar-refractivity contribution in [1.29, 1.82) is 0 Å². The number of ether oxygens (including phenoxy) is 3. The van der Waals surface area contributed by atoms with Crippen LogP contribution in [0, 0.1) is 0 Å². The van der Waals surface area contributed by atoms with E-state index in [1.165, 1.54) is 27.1 Å². The van der Waals surface area contributed by atoms with E-state index in [0.29, 0.717) is 45.4 Å². The second kappa shape index (κ2) is 23.5. The van der Waals surface area contributed by atoms with Crippen LogP contribution in [0.25, 0.3) is 0 Å². The van der Waals surface area contributed by atoms with Gasteiger partial charge in [-0.15, -0.1) is 0 Å². The van der Waals surface area contributed by atoms with Gasteiger partial charge in [0.25, 0.3) is 0 Å². The van der Waals surface area contributed by atoms with E-state index in [0.717, 1.165) is 15.2 Å². The normalized spacial score (nSPS) is 13.6. The van der Waals surface area contributed by atoms with Crippen molar-refractivity contribution in [2.75, 3.05) is 58.5 Å². The first kappa shape index (κ1) is 57.0. The number of nitrogens with zero attached hydrogens (tertiary/aromatic N) is 8. The first-order valence-electron chi connectivity index (χ1n) is 21.9. The zero-order valence-corrected chi connectivity index (χ0v) is 44.5. The molecule has 0 bridgehead atoms. The standard InChI is InChI=1S/C21H17BrF3N5O2.C20H17BrN4O4S.C7H12F3NO2/c1-32-17-8-6-15(7-9-17)29-11-13-10-26-19(27-12-21(23,24)25)28-18(13)30(20(29)31)16-4-2-14(22)3-5-16;1-29-17-9-7-15(8-10-17)24-12-13-11-22-19(30(2,27)28)23-18(13)25(20(24)26)16-5-3-14(21)4-6-16;1-6(2,3)13-5(12)11-4-7(8,9)10/h2-10H,11-12H2,1H3,(H,26,27,28);3-11H,12H2,1-2H3;4H2,1-3H3,(H,11,12). The van der Waals surface area contributed by atoms with Gasteiger partial charge < -0.3 is 24.8 Å². The van der Waals surface area contributed by atoms with Crippen molar-refractivity contribution in [3.05, 3.63) is 130 Å². The summed E-state index contributed by atoms with van der Waals surface area (Å²) in [5, 5.41) is 3.43. The molecule has 18 nitrogen and oxygen atoms in total. The van der Waals surface area contributed by atoms with Gasteiger partial charge in [-0.25, -0.2) is 42.6 Å². The van der Waals surface area contributed by atoms with E-state index in [1.807, 2.05) is 0 Å². The Hall–Kier alpha value is -7.26. The summed E-state index contributed by atoms with van der Waals surface area (Å²) < 4.78 is 113. The van der Waals surface area contributed by atoms with Crippen LogP contribution in [0.1, 0.15) is 31.9 Å². The molecule has 2 aromatic heterocycles.